The highest BCUT2D eigenvalue weighted by Gasteiger charge is 2.15. The Bertz CT molecular complexity index is 692. The quantitative estimate of drug-likeness (QED) is 0.769. The molecule has 5 nitrogen and oxygen atoms in total. The number of rotatable bonds is 4. The minimum atomic E-state index is -0.225. The molecule has 0 aliphatic heterocycles. The summed E-state index contributed by atoms with van der Waals surface area (Å²) in [5.41, 5.74) is 7.32. The number of benzene rings is 1. The molecule has 0 fully saturated rings. The number of hydrogen-bond acceptors (Lipinski definition) is 4. The number of hydrogen-bond donors (Lipinski definition) is 2. The third kappa shape index (κ3) is 2.81. The van der Waals surface area contributed by atoms with E-state index in [1.165, 1.54) is 5.56 Å². The second kappa shape index (κ2) is 5.60. The molecule has 6 heteroatoms. The van der Waals surface area contributed by atoms with E-state index in [-0.39, 0.29) is 6.04 Å². The summed E-state index contributed by atoms with van der Waals surface area (Å²) in [4.78, 5) is 4.38. The number of aromatic amines is 1. The number of halogens is 1. The van der Waals surface area contributed by atoms with Crippen LogP contribution >= 0.6 is 15.9 Å². The Morgan fingerprint density at radius 1 is 1.20 bits per heavy atom. The Kier molecular flexibility index (Phi) is 3.66. The summed E-state index contributed by atoms with van der Waals surface area (Å²) in [6.07, 6.45) is 0.706. The van der Waals surface area contributed by atoms with Crippen molar-refractivity contribution in [3.05, 3.63) is 58.5 Å². The van der Waals surface area contributed by atoms with Crippen molar-refractivity contribution in [3.8, 4) is 11.6 Å². The van der Waals surface area contributed by atoms with Gasteiger partial charge in [0.25, 0.3) is 0 Å². The molecule has 1 unspecified atom stereocenters. The third-order valence-corrected chi connectivity index (χ3v) is 3.37. The van der Waals surface area contributed by atoms with Crippen molar-refractivity contribution >= 4 is 15.9 Å². The molecule has 2 aromatic heterocycles. The van der Waals surface area contributed by atoms with Crippen LogP contribution in [-0.4, -0.2) is 15.2 Å². The molecule has 1 atom stereocenters. The molecule has 3 rings (SSSR count). The first kappa shape index (κ1) is 13.1. The van der Waals surface area contributed by atoms with Gasteiger partial charge in [0.2, 0.25) is 5.82 Å². The normalized spacial score (nSPS) is 12.5. The Balaban J connectivity index is 1.76. The van der Waals surface area contributed by atoms with Crippen LogP contribution in [0.25, 0.3) is 11.6 Å². The second-order valence-electron chi connectivity index (χ2n) is 4.44. The molecular formula is C14H13BrN4O. The van der Waals surface area contributed by atoms with Gasteiger partial charge in [0.15, 0.2) is 10.4 Å². The zero-order valence-corrected chi connectivity index (χ0v) is 12.2. The fraction of sp³-hybridized carbons (Fsp3) is 0.143. The van der Waals surface area contributed by atoms with Crippen LogP contribution < -0.4 is 5.73 Å². The lowest BCUT2D eigenvalue weighted by Gasteiger charge is -2.07. The van der Waals surface area contributed by atoms with Crippen molar-refractivity contribution in [2.45, 2.75) is 12.5 Å². The fourth-order valence-corrected chi connectivity index (χ4v) is 2.26. The third-order valence-electron chi connectivity index (χ3n) is 2.95. The zero-order chi connectivity index (χ0) is 13.9. The first-order chi connectivity index (χ1) is 9.72. The van der Waals surface area contributed by atoms with Gasteiger partial charge in [-0.3, -0.25) is 5.10 Å². The summed E-state index contributed by atoms with van der Waals surface area (Å²) >= 11 is 3.25. The molecule has 2 heterocycles. The van der Waals surface area contributed by atoms with Crippen molar-refractivity contribution < 1.29 is 4.42 Å². The number of aromatic nitrogens is 3. The summed E-state index contributed by atoms with van der Waals surface area (Å²) in [7, 11) is 0. The molecule has 102 valence electrons. The predicted molar refractivity (Wildman–Crippen MR) is 78.9 cm³/mol. The minimum Gasteiger partial charge on any atom is -0.446 e. The van der Waals surface area contributed by atoms with Gasteiger partial charge >= 0.3 is 0 Å². The molecule has 3 N–H and O–H groups in total. The van der Waals surface area contributed by atoms with Crippen molar-refractivity contribution in [1.82, 2.24) is 15.2 Å². The van der Waals surface area contributed by atoms with Crippen molar-refractivity contribution in [2.75, 3.05) is 0 Å². The monoisotopic (exact) mass is 332 g/mol. The largest absolute Gasteiger partial charge is 0.446 e. The maximum Gasteiger partial charge on any atom is 0.217 e. The molecule has 0 saturated carbocycles. The SMILES string of the molecule is NC(Cc1ccccc1)c1nc(-c2ccc(Br)o2)n[nH]1. The van der Waals surface area contributed by atoms with E-state index in [4.69, 9.17) is 10.2 Å². The molecular weight excluding hydrogens is 320 g/mol. The lowest BCUT2D eigenvalue weighted by molar-refractivity contribution is 0.551. The van der Waals surface area contributed by atoms with Gasteiger partial charge in [-0.25, -0.2) is 4.98 Å². The maximum absolute atomic E-state index is 6.15. The molecule has 20 heavy (non-hydrogen) atoms. The summed E-state index contributed by atoms with van der Waals surface area (Å²) in [6.45, 7) is 0. The topological polar surface area (TPSA) is 80.7 Å². The van der Waals surface area contributed by atoms with Gasteiger partial charge in [0.05, 0.1) is 6.04 Å². The number of nitrogens with zero attached hydrogens (tertiary/aromatic N) is 2. The van der Waals surface area contributed by atoms with Crippen LogP contribution in [0.4, 0.5) is 0 Å². The first-order valence-electron chi connectivity index (χ1n) is 6.20. The molecule has 0 amide bonds. The van der Waals surface area contributed by atoms with Crippen LogP contribution in [0.2, 0.25) is 0 Å². The fourth-order valence-electron chi connectivity index (χ4n) is 1.95. The van der Waals surface area contributed by atoms with Crippen molar-refractivity contribution in [2.24, 2.45) is 5.73 Å². The molecule has 0 radical (unpaired) electrons. The van der Waals surface area contributed by atoms with Crippen LogP contribution in [0.1, 0.15) is 17.4 Å². The van der Waals surface area contributed by atoms with E-state index in [1.54, 1.807) is 12.1 Å². The van der Waals surface area contributed by atoms with Gasteiger partial charge in [-0.2, -0.15) is 0 Å². The first-order valence-corrected chi connectivity index (χ1v) is 6.99. The molecule has 0 spiro atoms. The Morgan fingerprint density at radius 3 is 2.70 bits per heavy atom. The lowest BCUT2D eigenvalue weighted by Crippen LogP contribution is -2.15. The maximum atomic E-state index is 6.15. The van der Waals surface area contributed by atoms with E-state index < -0.39 is 0 Å². The van der Waals surface area contributed by atoms with Crippen LogP contribution in [0.5, 0.6) is 0 Å². The predicted octanol–water partition coefficient (Wildman–Crippen LogP) is 3.07. The molecule has 0 saturated heterocycles. The van der Waals surface area contributed by atoms with Crippen molar-refractivity contribution in [1.29, 1.82) is 0 Å². The smallest absolute Gasteiger partial charge is 0.217 e. The van der Waals surface area contributed by atoms with E-state index in [1.807, 2.05) is 30.3 Å². The lowest BCUT2D eigenvalue weighted by atomic mass is 10.1. The Labute approximate surface area is 124 Å². The highest BCUT2D eigenvalue weighted by atomic mass is 79.9. The summed E-state index contributed by atoms with van der Waals surface area (Å²) in [5.74, 6) is 1.76. The van der Waals surface area contributed by atoms with E-state index in [9.17, 15) is 0 Å². The van der Waals surface area contributed by atoms with Crippen LogP contribution in [0.15, 0.2) is 51.6 Å². The average Bonchev–Trinajstić information content (AvgIpc) is 3.08. The summed E-state index contributed by atoms with van der Waals surface area (Å²) in [5, 5.41) is 7.00. The minimum absolute atomic E-state index is 0.225. The van der Waals surface area contributed by atoms with E-state index in [0.29, 0.717) is 28.5 Å². The highest BCUT2D eigenvalue weighted by Crippen LogP contribution is 2.23. The summed E-state index contributed by atoms with van der Waals surface area (Å²) < 4.78 is 6.06. The zero-order valence-electron chi connectivity index (χ0n) is 10.6. The van der Waals surface area contributed by atoms with E-state index >= 15 is 0 Å². The average molecular weight is 333 g/mol. The van der Waals surface area contributed by atoms with Gasteiger partial charge in [-0.15, -0.1) is 5.10 Å². The van der Waals surface area contributed by atoms with E-state index in [0.717, 1.165) is 0 Å². The van der Waals surface area contributed by atoms with Crippen molar-refractivity contribution in [3.63, 3.8) is 0 Å². The standard InChI is InChI=1S/C14H13BrN4O/c15-12-7-6-11(20-12)14-17-13(18-19-14)10(16)8-9-4-2-1-3-5-9/h1-7,10H,8,16H2,(H,17,18,19). The highest BCUT2D eigenvalue weighted by molar-refractivity contribution is 9.10. The van der Waals surface area contributed by atoms with Gasteiger partial charge in [0.1, 0.15) is 5.82 Å². The molecule has 0 aliphatic carbocycles. The van der Waals surface area contributed by atoms with E-state index in [2.05, 4.69) is 31.1 Å². The number of furan rings is 1. The molecule has 1 aromatic carbocycles. The molecule has 3 aromatic rings. The van der Waals surface area contributed by atoms with Gasteiger partial charge in [0, 0.05) is 0 Å². The number of nitrogens with two attached hydrogens (primary N) is 1. The van der Waals surface area contributed by atoms with Gasteiger partial charge in [-0.1, -0.05) is 30.3 Å². The van der Waals surface area contributed by atoms with Gasteiger partial charge < -0.3 is 10.2 Å². The van der Waals surface area contributed by atoms with Crippen LogP contribution in [0, 0.1) is 0 Å². The van der Waals surface area contributed by atoms with Crippen LogP contribution in [0.3, 0.4) is 0 Å². The van der Waals surface area contributed by atoms with Crippen LogP contribution in [-0.2, 0) is 6.42 Å². The Hall–Kier alpha value is -1.92. The van der Waals surface area contributed by atoms with Gasteiger partial charge in [-0.05, 0) is 40.0 Å². The number of H-pyrrole nitrogens is 1. The molecule has 0 bridgehead atoms. The number of nitrogens with one attached hydrogen (secondary N) is 1. The molecule has 0 aliphatic rings. The summed E-state index contributed by atoms with van der Waals surface area (Å²) in [6, 6.07) is 13.4. The second-order valence-corrected chi connectivity index (χ2v) is 5.23. The Morgan fingerprint density at radius 2 is 2.00 bits per heavy atom.